The maximum absolute atomic E-state index is 14.6. The van der Waals surface area contributed by atoms with Gasteiger partial charge in [-0.05, 0) is 71.1 Å². The molecule has 9 nitrogen and oxygen atoms in total. The van der Waals surface area contributed by atoms with Gasteiger partial charge in [0.2, 0.25) is 0 Å². The molecule has 7 aromatic rings. The van der Waals surface area contributed by atoms with Crippen molar-refractivity contribution in [1.82, 2.24) is 35.5 Å². The van der Waals surface area contributed by atoms with E-state index >= 15 is 0 Å². The average molecular weight is 632 g/mol. The number of H-pyrrole nitrogens is 2. The number of halogens is 1. The predicted molar refractivity (Wildman–Crippen MR) is 178 cm³/mol. The van der Waals surface area contributed by atoms with Gasteiger partial charge in [0.25, 0.3) is 0 Å². The van der Waals surface area contributed by atoms with Crippen LogP contribution in [0.15, 0.2) is 97.5 Å². The molecule has 0 amide bonds. The lowest BCUT2D eigenvalue weighted by Crippen LogP contribution is -2.12. The molecule has 230 valence electrons. The van der Waals surface area contributed by atoms with Crippen molar-refractivity contribution >= 4 is 31.8 Å². The van der Waals surface area contributed by atoms with E-state index in [0.717, 1.165) is 34.1 Å². The number of benzene rings is 3. The number of nitrogens with zero attached hydrogens (tertiary/aromatic N) is 4. The second-order valence-corrected chi connectivity index (χ2v) is 13.6. The molecule has 0 unspecified atom stereocenters. The van der Waals surface area contributed by atoms with Gasteiger partial charge in [-0.1, -0.05) is 36.4 Å². The third-order valence-corrected chi connectivity index (χ3v) is 8.76. The second-order valence-electron chi connectivity index (χ2n) is 11.4. The summed E-state index contributed by atoms with van der Waals surface area (Å²) in [4.78, 5) is 17.2. The smallest absolute Gasteiger partial charge is 0.159 e. The number of aromatic nitrogens is 6. The SMILES string of the molecule is CS(=O)(=O)CCc1cc(F)cc(-c2nccc3[nH]c(-c4n[nH]c5ccc(-c6cncc(CNCc7ccccc7)c6)cc45)nc23)c1. The Bertz CT molecular complexity index is 2300. The van der Waals surface area contributed by atoms with Crippen LogP contribution >= 0.6 is 0 Å². The number of fused-ring (bicyclic) bond motifs is 2. The van der Waals surface area contributed by atoms with E-state index in [-0.39, 0.29) is 12.2 Å². The molecule has 0 saturated heterocycles. The Hall–Kier alpha value is -5.26. The fourth-order valence-electron chi connectivity index (χ4n) is 5.56. The van der Waals surface area contributed by atoms with Crippen molar-refractivity contribution in [3.8, 4) is 33.9 Å². The fourth-order valence-corrected chi connectivity index (χ4v) is 6.16. The molecule has 3 N–H and O–H groups in total. The number of imidazole rings is 1. The van der Waals surface area contributed by atoms with Crippen LogP contribution in [0.2, 0.25) is 0 Å². The Morgan fingerprint density at radius 1 is 0.804 bits per heavy atom. The van der Waals surface area contributed by atoms with E-state index in [0.29, 0.717) is 45.9 Å². The van der Waals surface area contributed by atoms with Crippen LogP contribution in [0.4, 0.5) is 4.39 Å². The first-order valence-corrected chi connectivity index (χ1v) is 16.8. The van der Waals surface area contributed by atoms with E-state index in [1.165, 1.54) is 24.0 Å². The fraction of sp³-hybridized carbons (Fsp3) is 0.143. The van der Waals surface area contributed by atoms with Gasteiger partial charge in [0.15, 0.2) is 5.82 Å². The minimum atomic E-state index is -3.20. The number of hydrogen-bond donors (Lipinski definition) is 3. The molecule has 3 aromatic carbocycles. The lowest BCUT2D eigenvalue weighted by Gasteiger charge is -2.07. The molecular formula is C35H30FN7O2S. The summed E-state index contributed by atoms with van der Waals surface area (Å²) in [6, 6.07) is 24.8. The lowest BCUT2D eigenvalue weighted by molar-refractivity contribution is 0.600. The van der Waals surface area contributed by atoms with Crippen LogP contribution in [0.1, 0.15) is 16.7 Å². The number of aromatic amines is 2. The molecule has 0 aliphatic carbocycles. The summed E-state index contributed by atoms with van der Waals surface area (Å²) in [5.41, 5.74) is 8.64. The van der Waals surface area contributed by atoms with Crippen molar-refractivity contribution < 1.29 is 12.8 Å². The topological polar surface area (TPSA) is 129 Å². The van der Waals surface area contributed by atoms with Gasteiger partial charge in [-0.25, -0.2) is 17.8 Å². The van der Waals surface area contributed by atoms with Gasteiger partial charge >= 0.3 is 0 Å². The molecule has 7 rings (SSSR count). The van der Waals surface area contributed by atoms with Crippen molar-refractivity contribution in [1.29, 1.82) is 0 Å². The molecule has 0 saturated carbocycles. The molecule has 0 bridgehead atoms. The summed E-state index contributed by atoms with van der Waals surface area (Å²) < 4.78 is 38.0. The van der Waals surface area contributed by atoms with Crippen LogP contribution in [0.5, 0.6) is 0 Å². The Balaban J connectivity index is 1.19. The third kappa shape index (κ3) is 6.42. The third-order valence-electron chi connectivity index (χ3n) is 7.81. The van der Waals surface area contributed by atoms with Crippen molar-refractivity contribution in [2.45, 2.75) is 19.5 Å². The van der Waals surface area contributed by atoms with Crippen molar-refractivity contribution in [2.24, 2.45) is 0 Å². The van der Waals surface area contributed by atoms with Crippen LogP contribution in [0.25, 0.3) is 55.8 Å². The Labute approximate surface area is 264 Å². The van der Waals surface area contributed by atoms with Crippen molar-refractivity contribution in [2.75, 3.05) is 12.0 Å². The van der Waals surface area contributed by atoms with E-state index in [2.05, 4.69) is 54.7 Å². The van der Waals surface area contributed by atoms with E-state index in [4.69, 9.17) is 4.98 Å². The number of aryl methyl sites for hydroxylation is 1. The highest BCUT2D eigenvalue weighted by atomic mass is 32.2. The zero-order chi connectivity index (χ0) is 31.7. The van der Waals surface area contributed by atoms with Gasteiger partial charge in [0.05, 0.1) is 22.5 Å². The highest BCUT2D eigenvalue weighted by Crippen LogP contribution is 2.33. The highest BCUT2D eigenvalue weighted by Gasteiger charge is 2.18. The molecule has 11 heteroatoms. The number of rotatable bonds is 10. The maximum atomic E-state index is 14.6. The quantitative estimate of drug-likeness (QED) is 0.163. The number of pyridine rings is 2. The first-order valence-electron chi connectivity index (χ1n) is 14.8. The maximum Gasteiger partial charge on any atom is 0.159 e. The standard InChI is InChI=1S/C35H30FN7O2S/c1-46(44,45)12-10-23-13-26(16-28(36)15-23)32-34-31(9-11-39-32)40-35(41-34)33-29-17-25(7-8-30(29)42-43-33)27-14-24(20-38-21-27)19-37-18-22-5-3-2-4-6-22/h2-9,11,13-17,20-21,37H,10,12,18-19H2,1H3,(H,40,41)(H,42,43). The molecule has 0 aliphatic heterocycles. The minimum absolute atomic E-state index is 0.0696. The number of hydrogen-bond acceptors (Lipinski definition) is 7. The number of nitrogens with one attached hydrogen (secondary N) is 3. The predicted octanol–water partition coefficient (Wildman–Crippen LogP) is 6.25. The van der Waals surface area contributed by atoms with Crippen LogP contribution in [-0.2, 0) is 29.3 Å². The largest absolute Gasteiger partial charge is 0.336 e. The van der Waals surface area contributed by atoms with Crippen LogP contribution in [0, 0.1) is 5.82 Å². The van der Waals surface area contributed by atoms with Gasteiger partial charge in [0, 0.05) is 54.4 Å². The van der Waals surface area contributed by atoms with E-state index in [9.17, 15) is 12.8 Å². The van der Waals surface area contributed by atoms with Gasteiger partial charge in [-0.3, -0.25) is 15.1 Å². The molecular weight excluding hydrogens is 601 g/mol. The average Bonchev–Trinajstić information content (AvgIpc) is 3.68. The molecule has 0 atom stereocenters. The zero-order valence-electron chi connectivity index (χ0n) is 25.0. The second kappa shape index (κ2) is 12.3. The van der Waals surface area contributed by atoms with Crippen LogP contribution < -0.4 is 5.32 Å². The summed E-state index contributed by atoms with van der Waals surface area (Å²) in [6.45, 7) is 1.46. The molecule has 0 spiro atoms. The zero-order valence-corrected chi connectivity index (χ0v) is 25.8. The van der Waals surface area contributed by atoms with Crippen molar-refractivity contribution in [3.05, 3.63) is 120 Å². The summed E-state index contributed by atoms with van der Waals surface area (Å²) in [5.74, 6) is 0.00468. The monoisotopic (exact) mass is 631 g/mol. The molecule has 0 aliphatic rings. The highest BCUT2D eigenvalue weighted by molar-refractivity contribution is 7.90. The van der Waals surface area contributed by atoms with Gasteiger partial charge in [0.1, 0.15) is 26.9 Å². The summed E-state index contributed by atoms with van der Waals surface area (Å²) >= 11 is 0. The normalized spacial score (nSPS) is 11.9. The lowest BCUT2D eigenvalue weighted by atomic mass is 10.0. The van der Waals surface area contributed by atoms with Gasteiger partial charge in [-0.2, -0.15) is 5.10 Å². The number of sulfone groups is 1. The van der Waals surface area contributed by atoms with E-state index in [1.807, 2.05) is 48.8 Å². The van der Waals surface area contributed by atoms with Gasteiger partial charge < -0.3 is 10.3 Å². The summed E-state index contributed by atoms with van der Waals surface area (Å²) in [6.07, 6.45) is 6.73. The molecule has 46 heavy (non-hydrogen) atoms. The summed E-state index contributed by atoms with van der Waals surface area (Å²) in [5, 5.41) is 12.0. The van der Waals surface area contributed by atoms with Crippen LogP contribution in [0.3, 0.4) is 0 Å². The van der Waals surface area contributed by atoms with Gasteiger partial charge in [-0.15, -0.1) is 0 Å². The summed E-state index contributed by atoms with van der Waals surface area (Å²) in [7, 11) is -3.20. The minimum Gasteiger partial charge on any atom is -0.336 e. The molecule has 0 fully saturated rings. The molecule has 4 aromatic heterocycles. The first kappa shape index (κ1) is 29.5. The van der Waals surface area contributed by atoms with Crippen LogP contribution in [-0.4, -0.2) is 50.6 Å². The van der Waals surface area contributed by atoms with E-state index < -0.39 is 15.7 Å². The Morgan fingerprint density at radius 3 is 2.48 bits per heavy atom. The Kier molecular flexibility index (Phi) is 7.85. The molecule has 0 radical (unpaired) electrons. The molecule has 4 heterocycles. The van der Waals surface area contributed by atoms with E-state index in [1.54, 1.807) is 12.3 Å². The Morgan fingerprint density at radius 2 is 1.63 bits per heavy atom. The van der Waals surface area contributed by atoms with Crippen molar-refractivity contribution in [3.63, 3.8) is 0 Å². The first-order chi connectivity index (χ1) is 22.3.